The minimum absolute atomic E-state index is 0.200. The molecule has 0 aliphatic heterocycles. The molecule has 0 bridgehead atoms. The van der Waals surface area contributed by atoms with E-state index in [9.17, 15) is 9.59 Å². The standard InChI is InChI=1S/C8H15NO4/c1-2-3-4-8(9,7(12)13)5-6(10)11/h2-5,9H2,1H3,(H,10,11)(H,12,13)/t8-/m0/s1. The number of aliphatic carboxylic acids is 2. The van der Waals surface area contributed by atoms with E-state index >= 15 is 0 Å². The second kappa shape index (κ2) is 4.81. The Hall–Kier alpha value is -1.10. The number of carbonyl (C=O) groups is 2. The number of carboxylic acid groups (broad SMARTS) is 2. The van der Waals surface area contributed by atoms with E-state index in [1.165, 1.54) is 0 Å². The highest BCUT2D eigenvalue weighted by atomic mass is 16.4. The van der Waals surface area contributed by atoms with Crippen molar-refractivity contribution >= 4 is 11.9 Å². The van der Waals surface area contributed by atoms with Gasteiger partial charge in [-0.1, -0.05) is 19.8 Å². The number of hydrogen-bond acceptors (Lipinski definition) is 3. The Morgan fingerprint density at radius 1 is 1.38 bits per heavy atom. The maximum Gasteiger partial charge on any atom is 0.324 e. The van der Waals surface area contributed by atoms with Crippen LogP contribution in [0.3, 0.4) is 0 Å². The molecule has 0 aromatic heterocycles. The first-order valence-electron chi connectivity index (χ1n) is 4.16. The van der Waals surface area contributed by atoms with Crippen LogP contribution in [-0.2, 0) is 9.59 Å². The minimum atomic E-state index is -1.61. The van der Waals surface area contributed by atoms with Crippen molar-refractivity contribution in [2.24, 2.45) is 5.73 Å². The Labute approximate surface area is 76.5 Å². The van der Waals surface area contributed by atoms with Crippen molar-refractivity contribution in [3.05, 3.63) is 0 Å². The van der Waals surface area contributed by atoms with Crippen molar-refractivity contribution in [2.45, 2.75) is 38.1 Å². The fourth-order valence-corrected chi connectivity index (χ4v) is 1.03. The molecule has 0 aromatic rings. The lowest BCUT2D eigenvalue weighted by Crippen LogP contribution is -2.49. The Morgan fingerprint density at radius 2 is 1.92 bits per heavy atom. The molecular formula is C8H15NO4. The van der Waals surface area contributed by atoms with Gasteiger partial charge in [0.15, 0.2) is 0 Å². The maximum atomic E-state index is 10.7. The van der Waals surface area contributed by atoms with Gasteiger partial charge in [0.05, 0.1) is 6.42 Å². The van der Waals surface area contributed by atoms with Crippen molar-refractivity contribution in [1.29, 1.82) is 0 Å². The van der Waals surface area contributed by atoms with Gasteiger partial charge in [-0.3, -0.25) is 9.59 Å². The van der Waals surface area contributed by atoms with Gasteiger partial charge in [0, 0.05) is 0 Å². The van der Waals surface area contributed by atoms with Crippen molar-refractivity contribution in [1.82, 2.24) is 0 Å². The second-order valence-corrected chi connectivity index (χ2v) is 3.14. The zero-order valence-corrected chi connectivity index (χ0v) is 7.62. The summed E-state index contributed by atoms with van der Waals surface area (Å²) in [5.74, 6) is -2.43. The second-order valence-electron chi connectivity index (χ2n) is 3.14. The Morgan fingerprint density at radius 3 is 2.23 bits per heavy atom. The van der Waals surface area contributed by atoms with E-state index in [4.69, 9.17) is 15.9 Å². The molecule has 1 atom stereocenters. The lowest BCUT2D eigenvalue weighted by atomic mass is 9.90. The predicted octanol–water partition coefficient (Wildman–Crippen LogP) is 0.433. The molecule has 0 radical (unpaired) electrons. The summed E-state index contributed by atoms with van der Waals surface area (Å²) in [7, 11) is 0. The Bertz CT molecular complexity index is 204. The summed E-state index contributed by atoms with van der Waals surface area (Å²) < 4.78 is 0. The summed E-state index contributed by atoms with van der Waals surface area (Å²) >= 11 is 0. The van der Waals surface area contributed by atoms with Gasteiger partial charge in [-0.25, -0.2) is 0 Å². The van der Waals surface area contributed by atoms with Crippen LogP contribution in [0.15, 0.2) is 0 Å². The molecule has 0 fully saturated rings. The number of nitrogens with two attached hydrogens (primary N) is 1. The highest BCUT2D eigenvalue weighted by molar-refractivity contribution is 5.84. The fraction of sp³-hybridized carbons (Fsp3) is 0.750. The topological polar surface area (TPSA) is 101 Å². The lowest BCUT2D eigenvalue weighted by molar-refractivity contribution is -0.150. The van der Waals surface area contributed by atoms with Gasteiger partial charge >= 0.3 is 11.9 Å². The molecule has 0 saturated heterocycles. The minimum Gasteiger partial charge on any atom is -0.481 e. The van der Waals surface area contributed by atoms with Crippen LogP contribution >= 0.6 is 0 Å². The molecule has 0 saturated carbocycles. The molecule has 5 heteroatoms. The van der Waals surface area contributed by atoms with Crippen molar-refractivity contribution in [2.75, 3.05) is 0 Å². The van der Waals surface area contributed by atoms with E-state index < -0.39 is 23.9 Å². The van der Waals surface area contributed by atoms with Crippen LogP contribution in [0.1, 0.15) is 32.6 Å². The summed E-state index contributed by atoms with van der Waals surface area (Å²) in [6.07, 6.45) is 1.09. The molecule has 0 aromatic carbocycles. The quantitative estimate of drug-likeness (QED) is 0.562. The number of carboxylic acids is 2. The molecule has 0 spiro atoms. The highest BCUT2D eigenvalue weighted by Gasteiger charge is 2.35. The molecule has 0 amide bonds. The summed E-state index contributed by atoms with van der Waals surface area (Å²) in [6, 6.07) is 0. The maximum absolute atomic E-state index is 10.7. The third-order valence-corrected chi connectivity index (χ3v) is 1.87. The average molecular weight is 189 g/mol. The first-order valence-corrected chi connectivity index (χ1v) is 4.16. The van der Waals surface area contributed by atoms with Gasteiger partial charge in [0.25, 0.3) is 0 Å². The first kappa shape index (κ1) is 11.9. The summed E-state index contributed by atoms with van der Waals surface area (Å²) in [4.78, 5) is 21.0. The van der Waals surface area contributed by atoms with E-state index in [2.05, 4.69) is 0 Å². The van der Waals surface area contributed by atoms with E-state index in [1.54, 1.807) is 0 Å². The average Bonchev–Trinajstić information content (AvgIpc) is 1.99. The van der Waals surface area contributed by atoms with Gasteiger partial charge in [0.1, 0.15) is 5.54 Å². The van der Waals surface area contributed by atoms with Gasteiger partial charge in [-0.05, 0) is 6.42 Å². The third-order valence-electron chi connectivity index (χ3n) is 1.87. The van der Waals surface area contributed by atoms with Gasteiger partial charge in [-0.2, -0.15) is 0 Å². The number of hydrogen-bond donors (Lipinski definition) is 3. The van der Waals surface area contributed by atoms with Gasteiger partial charge in [-0.15, -0.1) is 0 Å². The first-order chi connectivity index (χ1) is 5.92. The fourth-order valence-electron chi connectivity index (χ4n) is 1.03. The Balaban J connectivity index is 4.34. The summed E-state index contributed by atoms with van der Waals surface area (Å²) in [5, 5.41) is 17.2. The monoisotopic (exact) mass is 189 g/mol. The van der Waals surface area contributed by atoms with Crippen LogP contribution < -0.4 is 5.73 Å². The third kappa shape index (κ3) is 3.89. The van der Waals surface area contributed by atoms with E-state index in [0.717, 1.165) is 6.42 Å². The largest absolute Gasteiger partial charge is 0.481 e. The van der Waals surface area contributed by atoms with E-state index in [-0.39, 0.29) is 6.42 Å². The molecule has 0 aliphatic rings. The summed E-state index contributed by atoms with van der Waals surface area (Å²) in [6.45, 7) is 1.89. The highest BCUT2D eigenvalue weighted by Crippen LogP contribution is 2.16. The SMILES string of the molecule is CCCC[C@](N)(CC(=O)O)C(=O)O. The molecule has 0 aliphatic carbocycles. The number of unbranched alkanes of at least 4 members (excludes halogenated alkanes) is 1. The van der Waals surface area contributed by atoms with Crippen LogP contribution in [0.5, 0.6) is 0 Å². The number of rotatable bonds is 6. The Kier molecular flexibility index (Phi) is 4.40. The normalized spacial score (nSPS) is 14.9. The predicted molar refractivity (Wildman–Crippen MR) is 46.3 cm³/mol. The smallest absolute Gasteiger partial charge is 0.324 e. The van der Waals surface area contributed by atoms with Gasteiger partial charge in [0.2, 0.25) is 0 Å². The van der Waals surface area contributed by atoms with Crippen LogP contribution in [-0.4, -0.2) is 27.7 Å². The molecule has 4 N–H and O–H groups in total. The molecule has 13 heavy (non-hydrogen) atoms. The van der Waals surface area contributed by atoms with Gasteiger partial charge < -0.3 is 15.9 Å². The van der Waals surface area contributed by atoms with E-state index in [0.29, 0.717) is 6.42 Å². The van der Waals surface area contributed by atoms with Crippen LogP contribution in [0, 0.1) is 0 Å². The van der Waals surface area contributed by atoms with E-state index in [1.807, 2.05) is 6.92 Å². The van der Waals surface area contributed by atoms with Crippen molar-refractivity contribution in [3.8, 4) is 0 Å². The molecule has 76 valence electrons. The van der Waals surface area contributed by atoms with Crippen molar-refractivity contribution in [3.63, 3.8) is 0 Å². The molecule has 5 nitrogen and oxygen atoms in total. The molecular weight excluding hydrogens is 174 g/mol. The molecule has 0 heterocycles. The zero-order chi connectivity index (χ0) is 10.5. The summed E-state index contributed by atoms with van der Waals surface area (Å²) in [5.41, 5.74) is 3.84. The molecule has 0 unspecified atom stereocenters. The lowest BCUT2D eigenvalue weighted by Gasteiger charge is -2.22. The van der Waals surface area contributed by atoms with Crippen LogP contribution in [0.25, 0.3) is 0 Å². The van der Waals surface area contributed by atoms with Crippen molar-refractivity contribution < 1.29 is 19.8 Å². The van der Waals surface area contributed by atoms with Crippen LogP contribution in [0.2, 0.25) is 0 Å². The van der Waals surface area contributed by atoms with Crippen LogP contribution in [0.4, 0.5) is 0 Å². The molecule has 0 rings (SSSR count). The zero-order valence-electron chi connectivity index (χ0n) is 7.62.